The van der Waals surface area contributed by atoms with Gasteiger partial charge in [-0.25, -0.2) is 4.98 Å². The fraction of sp³-hybridized carbons (Fsp3) is 0.812. The molecule has 3 heteroatoms. The smallest absolute Gasteiger partial charge is 0.113 e. The molecule has 1 aromatic heterocycles. The van der Waals surface area contributed by atoms with E-state index in [4.69, 9.17) is 10.7 Å². The van der Waals surface area contributed by atoms with Gasteiger partial charge in [-0.2, -0.15) is 0 Å². The van der Waals surface area contributed by atoms with Crippen LogP contribution in [0.2, 0.25) is 0 Å². The molecule has 1 aromatic rings. The third-order valence-corrected chi connectivity index (χ3v) is 5.57. The van der Waals surface area contributed by atoms with Gasteiger partial charge >= 0.3 is 0 Å². The van der Waals surface area contributed by atoms with Crippen LogP contribution >= 0.6 is 11.3 Å². The summed E-state index contributed by atoms with van der Waals surface area (Å²) in [5, 5.41) is 3.36. The quantitative estimate of drug-likeness (QED) is 0.856. The molecule has 0 amide bonds. The van der Waals surface area contributed by atoms with E-state index in [0.717, 1.165) is 11.4 Å². The number of aromatic nitrogens is 1. The molecule has 1 heterocycles. The van der Waals surface area contributed by atoms with Crippen molar-refractivity contribution in [3.63, 3.8) is 0 Å². The first-order chi connectivity index (χ1) is 8.75. The lowest BCUT2D eigenvalue weighted by Crippen LogP contribution is -2.51. The molecular formula is C16H28N2S. The molecule has 0 bridgehead atoms. The predicted octanol–water partition coefficient (Wildman–Crippen LogP) is 4.66. The van der Waals surface area contributed by atoms with Gasteiger partial charge in [-0.3, -0.25) is 0 Å². The van der Waals surface area contributed by atoms with Gasteiger partial charge in [-0.15, -0.1) is 11.3 Å². The fourth-order valence-electron chi connectivity index (χ4n) is 3.42. The number of nitrogens with zero attached hydrogens (tertiary/aromatic N) is 1. The summed E-state index contributed by atoms with van der Waals surface area (Å²) in [5.74, 6) is 1.02. The van der Waals surface area contributed by atoms with Crippen LogP contribution in [0.4, 0.5) is 0 Å². The van der Waals surface area contributed by atoms with E-state index in [2.05, 4.69) is 40.0 Å². The van der Waals surface area contributed by atoms with Crippen LogP contribution in [0.1, 0.15) is 76.9 Å². The topological polar surface area (TPSA) is 38.9 Å². The van der Waals surface area contributed by atoms with Crippen LogP contribution in [0.3, 0.4) is 0 Å². The molecule has 2 rings (SSSR count). The lowest BCUT2D eigenvalue weighted by atomic mass is 9.62. The summed E-state index contributed by atoms with van der Waals surface area (Å²) in [6.45, 7) is 11.4. The van der Waals surface area contributed by atoms with E-state index in [1.807, 2.05) is 0 Å². The van der Waals surface area contributed by atoms with Gasteiger partial charge in [-0.05, 0) is 30.1 Å². The van der Waals surface area contributed by atoms with Crippen molar-refractivity contribution >= 4 is 11.3 Å². The molecule has 0 aromatic carbocycles. The first kappa shape index (κ1) is 15.0. The van der Waals surface area contributed by atoms with Crippen LogP contribution < -0.4 is 5.73 Å². The highest BCUT2D eigenvalue weighted by Gasteiger charge is 2.46. The highest BCUT2D eigenvalue weighted by Crippen LogP contribution is 2.49. The first-order valence-corrected chi connectivity index (χ1v) is 8.38. The van der Waals surface area contributed by atoms with E-state index in [9.17, 15) is 0 Å². The van der Waals surface area contributed by atoms with Crippen LogP contribution in [0.25, 0.3) is 0 Å². The van der Waals surface area contributed by atoms with Crippen molar-refractivity contribution in [2.24, 2.45) is 17.1 Å². The summed E-state index contributed by atoms with van der Waals surface area (Å²) in [7, 11) is 0. The predicted molar refractivity (Wildman–Crippen MR) is 83.5 cm³/mol. The summed E-state index contributed by atoms with van der Waals surface area (Å²) >= 11 is 1.77. The molecule has 1 aliphatic carbocycles. The Morgan fingerprint density at radius 2 is 2.05 bits per heavy atom. The Morgan fingerprint density at radius 3 is 2.58 bits per heavy atom. The maximum atomic E-state index is 6.87. The first-order valence-electron chi connectivity index (χ1n) is 7.50. The summed E-state index contributed by atoms with van der Waals surface area (Å²) in [6, 6.07) is 0. The molecule has 1 aliphatic rings. The van der Waals surface area contributed by atoms with E-state index in [1.165, 1.54) is 25.0 Å². The third-order valence-electron chi connectivity index (χ3n) is 4.51. The monoisotopic (exact) mass is 280 g/mol. The van der Waals surface area contributed by atoms with Crippen molar-refractivity contribution in [3.05, 3.63) is 16.1 Å². The summed E-state index contributed by atoms with van der Waals surface area (Å²) in [5.41, 5.74) is 8.10. The Bertz CT molecular complexity index is 430. The second-order valence-electron chi connectivity index (χ2n) is 7.44. The number of nitrogens with two attached hydrogens (primary N) is 1. The number of hydrogen-bond acceptors (Lipinski definition) is 3. The molecule has 0 spiro atoms. The minimum Gasteiger partial charge on any atom is -0.319 e. The van der Waals surface area contributed by atoms with Gasteiger partial charge in [0.25, 0.3) is 0 Å². The minimum absolute atomic E-state index is 0.214. The van der Waals surface area contributed by atoms with Crippen molar-refractivity contribution < 1.29 is 0 Å². The van der Waals surface area contributed by atoms with Crippen molar-refractivity contribution in [1.29, 1.82) is 0 Å². The molecule has 0 radical (unpaired) electrons. The van der Waals surface area contributed by atoms with Crippen molar-refractivity contribution in [1.82, 2.24) is 4.98 Å². The lowest BCUT2D eigenvalue weighted by molar-refractivity contribution is 0.0775. The molecule has 19 heavy (non-hydrogen) atoms. The number of rotatable bonds is 2. The normalized spacial score (nSPS) is 28.9. The van der Waals surface area contributed by atoms with Crippen LogP contribution in [0, 0.1) is 11.3 Å². The Morgan fingerprint density at radius 1 is 1.37 bits per heavy atom. The molecular weight excluding hydrogens is 252 g/mol. The average Bonchev–Trinajstić information content (AvgIpc) is 2.77. The average molecular weight is 280 g/mol. The zero-order valence-electron chi connectivity index (χ0n) is 13.0. The molecule has 2 atom stereocenters. The van der Waals surface area contributed by atoms with Gasteiger partial charge in [0.1, 0.15) is 5.01 Å². The molecule has 1 saturated carbocycles. The second kappa shape index (κ2) is 5.17. The molecule has 2 unspecified atom stereocenters. The van der Waals surface area contributed by atoms with E-state index >= 15 is 0 Å². The highest BCUT2D eigenvalue weighted by molar-refractivity contribution is 7.09. The Kier molecular flexibility index (Phi) is 4.08. The second-order valence-corrected chi connectivity index (χ2v) is 8.30. The SMILES string of the molecule is CC(C)c1csc(C2(N)CCCCC2C(C)(C)C)n1. The largest absolute Gasteiger partial charge is 0.319 e. The van der Waals surface area contributed by atoms with Gasteiger partial charge in [0.2, 0.25) is 0 Å². The fourth-order valence-corrected chi connectivity index (χ4v) is 4.60. The van der Waals surface area contributed by atoms with E-state index in [0.29, 0.717) is 11.8 Å². The van der Waals surface area contributed by atoms with Gasteiger partial charge in [-0.1, -0.05) is 47.5 Å². The molecule has 0 aliphatic heterocycles. The standard InChI is InChI=1S/C16H28N2S/c1-11(2)12-10-19-14(18-12)16(17)9-7-6-8-13(16)15(3,4)5/h10-11,13H,6-9,17H2,1-5H3. The number of hydrogen-bond donors (Lipinski definition) is 1. The zero-order chi connectivity index (χ0) is 14.3. The Balaban J connectivity index is 2.36. The summed E-state index contributed by atoms with van der Waals surface area (Å²) in [4.78, 5) is 4.86. The van der Waals surface area contributed by atoms with Crippen molar-refractivity contribution in [2.75, 3.05) is 0 Å². The van der Waals surface area contributed by atoms with Gasteiger partial charge in [0, 0.05) is 5.38 Å². The van der Waals surface area contributed by atoms with Crippen LogP contribution in [-0.2, 0) is 5.54 Å². The molecule has 2 nitrogen and oxygen atoms in total. The van der Waals surface area contributed by atoms with Gasteiger partial charge in [0.05, 0.1) is 11.2 Å². The Labute approximate surface area is 121 Å². The van der Waals surface area contributed by atoms with Crippen LogP contribution in [-0.4, -0.2) is 4.98 Å². The lowest BCUT2D eigenvalue weighted by Gasteiger charge is -2.46. The van der Waals surface area contributed by atoms with E-state index in [1.54, 1.807) is 11.3 Å². The summed E-state index contributed by atoms with van der Waals surface area (Å²) in [6.07, 6.45) is 4.86. The zero-order valence-corrected chi connectivity index (χ0v) is 13.8. The Hall–Kier alpha value is -0.410. The van der Waals surface area contributed by atoms with Gasteiger partial charge in [0.15, 0.2) is 0 Å². The van der Waals surface area contributed by atoms with Crippen LogP contribution in [0.15, 0.2) is 5.38 Å². The molecule has 108 valence electrons. The summed E-state index contributed by atoms with van der Waals surface area (Å²) < 4.78 is 0. The minimum atomic E-state index is -0.214. The molecule has 1 fully saturated rings. The maximum absolute atomic E-state index is 6.87. The van der Waals surface area contributed by atoms with Crippen molar-refractivity contribution in [3.8, 4) is 0 Å². The molecule has 2 N–H and O–H groups in total. The maximum Gasteiger partial charge on any atom is 0.113 e. The highest BCUT2D eigenvalue weighted by atomic mass is 32.1. The van der Waals surface area contributed by atoms with E-state index in [-0.39, 0.29) is 11.0 Å². The van der Waals surface area contributed by atoms with E-state index < -0.39 is 0 Å². The number of thiazole rings is 1. The molecule has 0 saturated heterocycles. The van der Waals surface area contributed by atoms with Crippen molar-refractivity contribution in [2.45, 2.75) is 71.8 Å². The van der Waals surface area contributed by atoms with Crippen LogP contribution in [0.5, 0.6) is 0 Å². The third kappa shape index (κ3) is 2.87. The van der Waals surface area contributed by atoms with Gasteiger partial charge < -0.3 is 5.73 Å².